The Morgan fingerprint density at radius 3 is 2.71 bits per heavy atom. The topological polar surface area (TPSA) is 17.1 Å². The lowest BCUT2D eigenvalue weighted by Gasteiger charge is -2.38. The molecule has 1 nitrogen and oxygen atoms in total. The summed E-state index contributed by atoms with van der Waals surface area (Å²) in [7, 11) is 0. The van der Waals surface area contributed by atoms with Gasteiger partial charge < -0.3 is 0 Å². The van der Waals surface area contributed by atoms with E-state index in [-0.39, 0.29) is 5.41 Å². The Labute approximate surface area is 85.6 Å². The lowest BCUT2D eigenvalue weighted by Crippen LogP contribution is -2.35. The third-order valence-electron chi connectivity index (χ3n) is 5.70. The first-order chi connectivity index (χ1) is 6.48. The smallest absolute Gasteiger partial charge is 0.159 e. The molecule has 0 aromatic heterocycles. The van der Waals surface area contributed by atoms with Gasteiger partial charge in [-0.15, -0.1) is 0 Å². The third kappa shape index (κ3) is 0.656. The SMILES string of the molecule is CC1(C)[C@@H]2CC[C@@]1(C)[C@@H]1C(=O)C=C[C@H]21. The van der Waals surface area contributed by atoms with Crippen LogP contribution in [0.1, 0.15) is 33.6 Å². The normalized spacial score (nSPS) is 52.8. The summed E-state index contributed by atoms with van der Waals surface area (Å²) in [5.41, 5.74) is 0.631. The van der Waals surface area contributed by atoms with E-state index in [4.69, 9.17) is 0 Å². The predicted molar refractivity (Wildman–Crippen MR) is 55.7 cm³/mol. The van der Waals surface area contributed by atoms with Crippen LogP contribution >= 0.6 is 0 Å². The summed E-state index contributed by atoms with van der Waals surface area (Å²) in [6.07, 6.45) is 6.59. The van der Waals surface area contributed by atoms with E-state index in [1.807, 2.05) is 6.08 Å². The van der Waals surface area contributed by atoms with Gasteiger partial charge in [-0.2, -0.15) is 0 Å². The van der Waals surface area contributed by atoms with Crippen molar-refractivity contribution in [1.29, 1.82) is 0 Å². The molecule has 3 rings (SSSR count). The Kier molecular flexibility index (Phi) is 1.34. The molecule has 2 saturated carbocycles. The minimum atomic E-state index is 0.267. The summed E-state index contributed by atoms with van der Waals surface area (Å²) in [4.78, 5) is 11.9. The molecular weight excluding hydrogens is 172 g/mol. The number of ketones is 1. The second kappa shape index (κ2) is 2.15. The molecule has 0 unspecified atom stereocenters. The van der Waals surface area contributed by atoms with E-state index in [1.165, 1.54) is 12.8 Å². The fraction of sp³-hybridized carbons (Fsp3) is 0.769. The van der Waals surface area contributed by atoms with Crippen molar-refractivity contribution in [1.82, 2.24) is 0 Å². The molecule has 0 saturated heterocycles. The Bertz CT molecular complexity index is 339. The number of carbonyl (C=O) groups is 1. The van der Waals surface area contributed by atoms with Crippen molar-refractivity contribution in [3.05, 3.63) is 12.2 Å². The summed E-state index contributed by atoms with van der Waals surface area (Å²) >= 11 is 0. The molecule has 0 N–H and O–H groups in total. The predicted octanol–water partition coefficient (Wildman–Crippen LogP) is 2.81. The zero-order valence-corrected chi connectivity index (χ0v) is 9.21. The molecule has 3 aliphatic rings. The molecule has 0 spiro atoms. The van der Waals surface area contributed by atoms with E-state index in [1.54, 1.807) is 0 Å². The first kappa shape index (κ1) is 8.70. The average molecular weight is 190 g/mol. The lowest BCUT2D eigenvalue weighted by atomic mass is 9.66. The lowest BCUT2D eigenvalue weighted by molar-refractivity contribution is -0.122. The van der Waals surface area contributed by atoms with Gasteiger partial charge in [-0.3, -0.25) is 4.79 Å². The van der Waals surface area contributed by atoms with Crippen molar-refractivity contribution in [2.45, 2.75) is 33.6 Å². The van der Waals surface area contributed by atoms with Crippen LogP contribution in [0.5, 0.6) is 0 Å². The van der Waals surface area contributed by atoms with Gasteiger partial charge in [0.2, 0.25) is 0 Å². The number of allylic oxidation sites excluding steroid dienone is 2. The number of rotatable bonds is 0. The van der Waals surface area contributed by atoms with Crippen molar-refractivity contribution in [2.75, 3.05) is 0 Å². The van der Waals surface area contributed by atoms with Crippen LogP contribution in [0.15, 0.2) is 12.2 Å². The highest BCUT2D eigenvalue weighted by Gasteiger charge is 2.67. The maximum Gasteiger partial charge on any atom is 0.159 e. The number of hydrogen-bond donors (Lipinski definition) is 0. The number of fused-ring (bicyclic) bond motifs is 5. The molecule has 1 heteroatoms. The highest BCUT2D eigenvalue weighted by Crippen LogP contribution is 2.71. The molecule has 14 heavy (non-hydrogen) atoms. The van der Waals surface area contributed by atoms with E-state index in [2.05, 4.69) is 26.8 Å². The van der Waals surface area contributed by atoms with E-state index in [0.29, 0.717) is 23.0 Å². The molecule has 0 amide bonds. The first-order valence-corrected chi connectivity index (χ1v) is 5.70. The Morgan fingerprint density at radius 2 is 2.07 bits per heavy atom. The fourth-order valence-electron chi connectivity index (χ4n) is 4.51. The highest BCUT2D eigenvalue weighted by molar-refractivity contribution is 5.96. The van der Waals surface area contributed by atoms with Gasteiger partial charge in [0.25, 0.3) is 0 Å². The van der Waals surface area contributed by atoms with Gasteiger partial charge in [0.05, 0.1) is 0 Å². The second-order valence-corrected chi connectivity index (χ2v) is 6.10. The van der Waals surface area contributed by atoms with Gasteiger partial charge in [-0.05, 0) is 41.6 Å². The molecule has 0 heterocycles. The molecule has 2 fully saturated rings. The van der Waals surface area contributed by atoms with E-state index in [0.717, 1.165) is 5.92 Å². The Morgan fingerprint density at radius 1 is 1.36 bits per heavy atom. The van der Waals surface area contributed by atoms with Crippen molar-refractivity contribution in [2.24, 2.45) is 28.6 Å². The van der Waals surface area contributed by atoms with Crippen LogP contribution in [0.25, 0.3) is 0 Å². The molecule has 3 aliphatic carbocycles. The Balaban J connectivity index is 2.15. The fourth-order valence-corrected chi connectivity index (χ4v) is 4.51. The maximum atomic E-state index is 11.9. The van der Waals surface area contributed by atoms with Crippen LogP contribution in [0.4, 0.5) is 0 Å². The van der Waals surface area contributed by atoms with Crippen LogP contribution < -0.4 is 0 Å². The van der Waals surface area contributed by atoms with Gasteiger partial charge >= 0.3 is 0 Å². The molecule has 76 valence electrons. The summed E-state index contributed by atoms with van der Waals surface area (Å²) in [6.45, 7) is 7.07. The molecular formula is C13H18O. The molecule has 0 aliphatic heterocycles. The minimum Gasteiger partial charge on any atom is -0.295 e. The number of hydrogen-bond acceptors (Lipinski definition) is 1. The minimum absolute atomic E-state index is 0.267. The van der Waals surface area contributed by atoms with E-state index >= 15 is 0 Å². The van der Waals surface area contributed by atoms with Crippen molar-refractivity contribution < 1.29 is 4.79 Å². The van der Waals surface area contributed by atoms with Crippen LogP contribution in [0.2, 0.25) is 0 Å². The molecule has 0 aromatic carbocycles. The quantitative estimate of drug-likeness (QED) is 0.574. The molecule has 0 radical (unpaired) electrons. The number of carbonyl (C=O) groups excluding carboxylic acids is 1. The van der Waals surface area contributed by atoms with Crippen LogP contribution in [-0.2, 0) is 4.79 Å². The van der Waals surface area contributed by atoms with E-state index < -0.39 is 0 Å². The molecule has 2 bridgehead atoms. The highest BCUT2D eigenvalue weighted by atomic mass is 16.1. The van der Waals surface area contributed by atoms with Gasteiger partial charge in [0, 0.05) is 5.92 Å². The maximum absolute atomic E-state index is 11.9. The van der Waals surface area contributed by atoms with Gasteiger partial charge in [0.15, 0.2) is 5.78 Å². The second-order valence-electron chi connectivity index (χ2n) is 6.10. The first-order valence-electron chi connectivity index (χ1n) is 5.70. The third-order valence-corrected chi connectivity index (χ3v) is 5.70. The van der Waals surface area contributed by atoms with Crippen molar-refractivity contribution in [3.8, 4) is 0 Å². The average Bonchev–Trinajstić information content (AvgIpc) is 2.62. The van der Waals surface area contributed by atoms with E-state index in [9.17, 15) is 4.79 Å². The van der Waals surface area contributed by atoms with Gasteiger partial charge in [0.1, 0.15) is 0 Å². The van der Waals surface area contributed by atoms with Crippen molar-refractivity contribution >= 4 is 5.78 Å². The summed E-state index contributed by atoms with van der Waals surface area (Å²) in [5.74, 6) is 2.03. The summed E-state index contributed by atoms with van der Waals surface area (Å²) in [6, 6.07) is 0. The summed E-state index contributed by atoms with van der Waals surface area (Å²) in [5, 5.41) is 0. The van der Waals surface area contributed by atoms with Gasteiger partial charge in [-0.1, -0.05) is 26.8 Å². The molecule has 4 atom stereocenters. The largest absolute Gasteiger partial charge is 0.295 e. The van der Waals surface area contributed by atoms with Crippen LogP contribution in [0.3, 0.4) is 0 Å². The standard InChI is InChI=1S/C13H18O/c1-12(2)9-6-7-13(12,3)11-8(9)4-5-10(11)14/h4-5,8-9,11H,6-7H2,1-3H3/t8-,9-,11+,13+/m1/s1. The van der Waals surface area contributed by atoms with Crippen LogP contribution in [0, 0.1) is 28.6 Å². The van der Waals surface area contributed by atoms with Crippen molar-refractivity contribution in [3.63, 3.8) is 0 Å². The van der Waals surface area contributed by atoms with Crippen LogP contribution in [-0.4, -0.2) is 5.78 Å². The van der Waals surface area contributed by atoms with Gasteiger partial charge in [-0.25, -0.2) is 0 Å². The zero-order chi connectivity index (χ0) is 10.1. The summed E-state index contributed by atoms with van der Waals surface area (Å²) < 4.78 is 0. The monoisotopic (exact) mass is 190 g/mol. The zero-order valence-electron chi connectivity index (χ0n) is 9.21. The molecule has 0 aromatic rings. The Hall–Kier alpha value is -0.590.